The van der Waals surface area contributed by atoms with Crippen molar-refractivity contribution in [2.75, 3.05) is 13.2 Å². The second-order valence-electron chi connectivity index (χ2n) is 13.8. The molecule has 0 aliphatic carbocycles. The molecule has 4 unspecified atom stereocenters. The molecule has 258 valence electrons. The quantitative estimate of drug-likeness (QED) is 0.0460. The van der Waals surface area contributed by atoms with Crippen LogP contribution in [-0.2, 0) is 33.5 Å². The van der Waals surface area contributed by atoms with Gasteiger partial charge in [-0.25, -0.2) is 9.78 Å². The van der Waals surface area contributed by atoms with Gasteiger partial charge >= 0.3 is 23.7 Å². The van der Waals surface area contributed by atoms with Crippen LogP contribution in [0.4, 0.5) is 0 Å². The van der Waals surface area contributed by atoms with Crippen molar-refractivity contribution in [3.05, 3.63) is 0 Å². The Balaban J connectivity index is 0. The third-order valence-corrected chi connectivity index (χ3v) is 10.9. The molecule has 0 aliphatic rings. The van der Waals surface area contributed by atoms with E-state index in [1.54, 1.807) is 0 Å². The second-order valence-corrected chi connectivity index (χ2v) is 13.8. The summed E-state index contributed by atoms with van der Waals surface area (Å²) >= 11 is 0.750. The Morgan fingerprint density at radius 1 is 0.488 bits per heavy atom. The Morgan fingerprint density at radius 3 is 0.884 bits per heavy atom. The normalized spacial score (nSPS) is 16.1. The van der Waals surface area contributed by atoms with Gasteiger partial charge in [-0.3, -0.25) is 10.5 Å². The summed E-state index contributed by atoms with van der Waals surface area (Å²) in [6.45, 7) is 19.1. The average molecular weight is 649 g/mol. The van der Waals surface area contributed by atoms with Crippen molar-refractivity contribution >= 4 is 0 Å². The van der Waals surface area contributed by atoms with Crippen LogP contribution in [0.25, 0.3) is 0 Å². The summed E-state index contributed by atoms with van der Waals surface area (Å²) in [6.07, 6.45) is 24.3. The maximum absolute atomic E-state index is 10.2. The Kier molecular flexibility index (Phi) is 32.8. The minimum absolute atomic E-state index is 0.256. The van der Waals surface area contributed by atoms with Gasteiger partial charge in [-0.15, -0.1) is 0 Å². The zero-order valence-electron chi connectivity index (χ0n) is 30.1. The van der Waals surface area contributed by atoms with Crippen LogP contribution in [0.15, 0.2) is 0 Å². The summed E-state index contributed by atoms with van der Waals surface area (Å²) < 4.78 is 8.25. The molecule has 0 aromatic rings. The zero-order valence-corrected chi connectivity index (χ0v) is 31.7. The first-order chi connectivity index (χ1) is 20.9. The van der Waals surface area contributed by atoms with E-state index in [4.69, 9.17) is 13.1 Å². The van der Waals surface area contributed by atoms with Crippen molar-refractivity contribution in [1.29, 1.82) is 0 Å². The van der Waals surface area contributed by atoms with Crippen LogP contribution in [0.3, 0.4) is 0 Å². The van der Waals surface area contributed by atoms with E-state index in [1.165, 1.54) is 103 Å². The van der Waals surface area contributed by atoms with E-state index in [1.807, 2.05) is 0 Å². The Hall–Kier alpha value is 0.354. The van der Waals surface area contributed by atoms with Crippen molar-refractivity contribution in [3.63, 3.8) is 0 Å². The minimum atomic E-state index is -0.401. The fourth-order valence-corrected chi connectivity index (χ4v) is 7.75. The van der Waals surface area contributed by atoms with Gasteiger partial charge in [-0.05, 0) is 61.2 Å². The molecule has 0 spiro atoms. The van der Waals surface area contributed by atoms with E-state index in [2.05, 4.69) is 55.4 Å². The molecule has 0 saturated carbocycles. The van der Waals surface area contributed by atoms with Gasteiger partial charge in [0, 0.05) is 5.41 Å². The summed E-state index contributed by atoms with van der Waals surface area (Å²) in [5.41, 5.74) is -0.401. The molecule has 5 nitrogen and oxygen atoms in total. The molecule has 0 aliphatic heterocycles. The summed E-state index contributed by atoms with van der Waals surface area (Å²) in [7, 11) is 0. The van der Waals surface area contributed by atoms with Crippen LogP contribution in [0.1, 0.15) is 184 Å². The van der Waals surface area contributed by atoms with Crippen LogP contribution < -0.4 is 0 Å². The molecule has 2 N–H and O–H groups in total. The van der Waals surface area contributed by atoms with Crippen LogP contribution in [-0.4, -0.2) is 23.7 Å². The van der Waals surface area contributed by atoms with Gasteiger partial charge in [0.25, 0.3) is 0 Å². The average Bonchev–Trinajstić information content (AvgIpc) is 3.04. The molecular formula is C37H76O5Ti. The third-order valence-electron chi connectivity index (χ3n) is 10.9. The monoisotopic (exact) mass is 649 g/mol. The van der Waals surface area contributed by atoms with E-state index in [0.717, 1.165) is 46.1 Å². The Bertz CT molecular complexity index is 493. The number of rotatable bonds is 30. The van der Waals surface area contributed by atoms with Crippen LogP contribution in [0.5, 0.6) is 0 Å². The topological polar surface area (TPSA) is 76.0 Å². The Morgan fingerprint density at radius 2 is 0.721 bits per heavy atom. The summed E-state index contributed by atoms with van der Waals surface area (Å²) in [5.74, 6) is 3.33. The number of unbranched alkanes of at least 4 members (excludes halogenated alkanes) is 4. The molecule has 0 fully saturated rings. The van der Waals surface area contributed by atoms with Gasteiger partial charge in [0.2, 0.25) is 0 Å². The van der Waals surface area contributed by atoms with Crippen LogP contribution in [0, 0.1) is 40.9 Å². The zero-order chi connectivity index (χ0) is 32.9. The third kappa shape index (κ3) is 18.9. The van der Waals surface area contributed by atoms with E-state index in [9.17, 15) is 10.5 Å². The summed E-state index contributed by atoms with van der Waals surface area (Å²) in [4.78, 5) is 10.4. The van der Waals surface area contributed by atoms with Gasteiger partial charge in [0.05, 0.1) is 13.2 Å². The molecule has 0 radical (unpaired) electrons. The predicted molar refractivity (Wildman–Crippen MR) is 179 cm³/mol. The molecule has 0 bridgehead atoms. The Labute approximate surface area is 281 Å². The first kappa shape index (κ1) is 45.5. The maximum atomic E-state index is 10.2. The SMILES string of the molecule is CCCCC(CC)CC(CC(CC)CCCC)C(COO)(COO)C(CC(CC)CCCC)CC(CC)CCCC.[O]=[Ti]. The molecule has 0 amide bonds. The van der Waals surface area contributed by atoms with Gasteiger partial charge in [-0.2, -0.15) is 0 Å². The molecule has 0 heterocycles. The van der Waals surface area contributed by atoms with Gasteiger partial charge in [-0.1, -0.05) is 158 Å². The van der Waals surface area contributed by atoms with Crippen molar-refractivity contribution < 1.29 is 44.0 Å². The molecular weight excluding hydrogens is 572 g/mol. The first-order valence-electron chi connectivity index (χ1n) is 18.6. The van der Waals surface area contributed by atoms with Gasteiger partial charge in [0.1, 0.15) is 0 Å². The fraction of sp³-hybridized carbons (Fsp3) is 1.00. The van der Waals surface area contributed by atoms with Gasteiger partial charge < -0.3 is 0 Å². The molecule has 0 rings (SSSR count). The second kappa shape index (κ2) is 31.0. The fourth-order valence-electron chi connectivity index (χ4n) is 7.75. The summed E-state index contributed by atoms with van der Waals surface area (Å²) in [5, 5.41) is 20.4. The first-order valence-corrected chi connectivity index (χ1v) is 19.3. The molecule has 0 saturated heterocycles. The van der Waals surface area contributed by atoms with E-state index in [-0.39, 0.29) is 13.2 Å². The van der Waals surface area contributed by atoms with Crippen molar-refractivity contribution in [3.8, 4) is 0 Å². The number of hydrogen-bond donors (Lipinski definition) is 2. The van der Waals surface area contributed by atoms with Crippen LogP contribution in [0.2, 0.25) is 0 Å². The summed E-state index contributed by atoms with van der Waals surface area (Å²) in [6, 6.07) is 0. The van der Waals surface area contributed by atoms with Crippen molar-refractivity contribution in [2.24, 2.45) is 40.9 Å². The number of hydrogen-bond acceptors (Lipinski definition) is 5. The molecule has 43 heavy (non-hydrogen) atoms. The van der Waals surface area contributed by atoms with E-state index in [0.29, 0.717) is 35.5 Å². The van der Waals surface area contributed by atoms with Crippen molar-refractivity contribution in [2.45, 2.75) is 184 Å². The molecule has 4 atom stereocenters. The standard InChI is InChI=1S/C37H76O4.O.Ti/c1-9-17-21-31(13-5)25-35(26-32(14-6)22-18-10-2)37(29-40-38,30-41-39)36(27-33(15-7)23-19-11-3)28-34(16-8)24-20-12-4;;/h31-36,38-39H,9-30H2,1-8H3;;. The van der Waals surface area contributed by atoms with E-state index >= 15 is 0 Å². The van der Waals surface area contributed by atoms with Gasteiger partial charge in [0.15, 0.2) is 0 Å². The molecule has 6 heteroatoms. The van der Waals surface area contributed by atoms with Crippen LogP contribution >= 0.6 is 0 Å². The van der Waals surface area contributed by atoms with E-state index < -0.39 is 5.41 Å². The molecule has 0 aromatic heterocycles. The predicted octanol–water partition coefficient (Wildman–Crippen LogP) is 12.5. The molecule has 0 aromatic carbocycles. The van der Waals surface area contributed by atoms with Crippen molar-refractivity contribution in [1.82, 2.24) is 0 Å².